The third-order valence-corrected chi connectivity index (χ3v) is 5.41. The minimum absolute atomic E-state index is 0.307. The number of hydrogen-bond acceptors (Lipinski definition) is 6. The van der Waals surface area contributed by atoms with E-state index in [0.29, 0.717) is 33.8 Å². The molecule has 3 rings (SSSR count). The molecule has 0 aromatic heterocycles. The van der Waals surface area contributed by atoms with Crippen molar-refractivity contribution in [2.75, 3.05) is 0 Å². The topological polar surface area (TPSA) is 90.7 Å². The van der Waals surface area contributed by atoms with Gasteiger partial charge < -0.3 is 20.0 Å². The molecule has 184 valence electrons. The summed E-state index contributed by atoms with van der Waals surface area (Å²) in [6.07, 6.45) is 0.793. The zero-order valence-corrected chi connectivity index (χ0v) is 21.0. The van der Waals surface area contributed by atoms with Crippen molar-refractivity contribution < 1.29 is 23.8 Å². The molecule has 35 heavy (non-hydrogen) atoms. The van der Waals surface area contributed by atoms with E-state index in [1.165, 1.54) is 6.21 Å². The number of esters is 2. The highest BCUT2D eigenvalue weighted by atomic mass is 16.5. The molecule has 0 atom stereocenters. The first kappa shape index (κ1) is 25.7. The fourth-order valence-electron chi connectivity index (χ4n) is 4.01. The van der Waals surface area contributed by atoms with Crippen molar-refractivity contribution in [3.63, 3.8) is 0 Å². The summed E-state index contributed by atoms with van der Waals surface area (Å²) in [5.74, 6) is -1.83. The van der Waals surface area contributed by atoms with Crippen LogP contribution in [0.4, 0.5) is 5.69 Å². The van der Waals surface area contributed by atoms with Gasteiger partial charge in [-0.05, 0) is 59.2 Å². The van der Waals surface area contributed by atoms with Crippen LogP contribution in [0.5, 0.6) is 0 Å². The Morgan fingerprint density at radius 3 is 1.94 bits per heavy atom. The fraction of sp³-hybridized carbons (Fsp3) is 0.321. The number of rotatable bonds is 7. The van der Waals surface area contributed by atoms with Crippen LogP contribution in [0.3, 0.4) is 0 Å². The SMILES string of the molecule is CC1=C(C(=O)OC(C)C)C(c2cccc(/[N+]([O-])=C/c3ccccc3)c2)C(C(=O)OC(C)C)=C(C)N1. The quantitative estimate of drug-likeness (QED) is 0.197. The van der Waals surface area contributed by atoms with Gasteiger partial charge in [0.15, 0.2) is 6.21 Å². The maximum absolute atomic E-state index is 13.2. The minimum Gasteiger partial charge on any atom is -0.618 e. The Bertz CT molecular complexity index is 1150. The summed E-state index contributed by atoms with van der Waals surface area (Å²) in [6.45, 7) is 10.6. The number of benzene rings is 2. The molecule has 0 bridgehead atoms. The van der Waals surface area contributed by atoms with Gasteiger partial charge >= 0.3 is 11.9 Å². The monoisotopic (exact) mass is 476 g/mol. The molecule has 0 unspecified atom stereocenters. The summed E-state index contributed by atoms with van der Waals surface area (Å²) in [4.78, 5) is 26.4. The maximum Gasteiger partial charge on any atom is 0.337 e. The number of nitrogens with zero attached hydrogens (tertiary/aromatic N) is 1. The Morgan fingerprint density at radius 2 is 1.43 bits per heavy atom. The van der Waals surface area contributed by atoms with Crippen LogP contribution in [0, 0.1) is 5.21 Å². The van der Waals surface area contributed by atoms with E-state index in [-0.39, 0.29) is 12.2 Å². The highest BCUT2D eigenvalue weighted by Crippen LogP contribution is 2.40. The van der Waals surface area contributed by atoms with Gasteiger partial charge in [0.2, 0.25) is 5.69 Å². The zero-order valence-electron chi connectivity index (χ0n) is 21.0. The average Bonchev–Trinajstić information content (AvgIpc) is 2.78. The highest BCUT2D eigenvalue weighted by Gasteiger charge is 2.38. The molecule has 1 heterocycles. The number of carbonyl (C=O) groups excluding carboxylic acids is 2. The van der Waals surface area contributed by atoms with Crippen molar-refractivity contribution in [3.05, 3.63) is 93.5 Å². The van der Waals surface area contributed by atoms with Crippen molar-refractivity contribution in [1.82, 2.24) is 5.32 Å². The van der Waals surface area contributed by atoms with Gasteiger partial charge in [0.1, 0.15) is 0 Å². The van der Waals surface area contributed by atoms with Crippen LogP contribution in [0.15, 0.2) is 77.1 Å². The molecule has 0 fully saturated rings. The van der Waals surface area contributed by atoms with E-state index < -0.39 is 17.9 Å². The number of nitrogens with one attached hydrogen (secondary N) is 1. The number of allylic oxidation sites excluding steroid dienone is 2. The lowest BCUT2D eigenvalue weighted by Crippen LogP contribution is -2.33. The predicted molar refractivity (Wildman–Crippen MR) is 135 cm³/mol. The molecule has 1 aliphatic heterocycles. The van der Waals surface area contributed by atoms with Crippen LogP contribution < -0.4 is 5.32 Å². The largest absolute Gasteiger partial charge is 0.618 e. The smallest absolute Gasteiger partial charge is 0.337 e. The lowest BCUT2D eigenvalue weighted by Gasteiger charge is -2.31. The van der Waals surface area contributed by atoms with E-state index in [4.69, 9.17) is 9.47 Å². The van der Waals surface area contributed by atoms with Crippen molar-refractivity contribution in [2.45, 2.75) is 59.7 Å². The first-order valence-electron chi connectivity index (χ1n) is 11.6. The number of ether oxygens (including phenoxy) is 2. The van der Waals surface area contributed by atoms with Crippen molar-refractivity contribution in [2.24, 2.45) is 0 Å². The first-order chi connectivity index (χ1) is 16.6. The Kier molecular flexibility index (Phi) is 8.12. The average molecular weight is 477 g/mol. The summed E-state index contributed by atoms with van der Waals surface area (Å²) < 4.78 is 11.8. The normalized spacial score (nSPS) is 14.9. The Morgan fingerprint density at radius 1 is 0.886 bits per heavy atom. The first-order valence-corrected chi connectivity index (χ1v) is 11.6. The second-order valence-corrected chi connectivity index (χ2v) is 9.00. The molecule has 0 saturated carbocycles. The van der Waals surface area contributed by atoms with E-state index in [2.05, 4.69) is 5.32 Å². The van der Waals surface area contributed by atoms with Gasteiger partial charge in [-0.3, -0.25) is 0 Å². The molecule has 1 N–H and O–H groups in total. The maximum atomic E-state index is 13.2. The van der Waals surface area contributed by atoms with Crippen LogP contribution in [-0.2, 0) is 19.1 Å². The summed E-state index contributed by atoms with van der Waals surface area (Å²) >= 11 is 0. The number of dihydropyridines is 1. The molecule has 0 saturated heterocycles. The summed E-state index contributed by atoms with van der Waals surface area (Å²) in [7, 11) is 0. The van der Waals surface area contributed by atoms with Gasteiger partial charge in [0.25, 0.3) is 0 Å². The minimum atomic E-state index is -0.765. The molecule has 0 spiro atoms. The Labute approximate surface area is 206 Å². The van der Waals surface area contributed by atoms with Crippen molar-refractivity contribution in [3.8, 4) is 0 Å². The van der Waals surface area contributed by atoms with Crippen LogP contribution in [0.1, 0.15) is 58.6 Å². The third-order valence-electron chi connectivity index (χ3n) is 5.41. The van der Waals surface area contributed by atoms with Gasteiger partial charge in [-0.1, -0.05) is 30.3 Å². The highest BCUT2D eigenvalue weighted by molar-refractivity contribution is 6.00. The van der Waals surface area contributed by atoms with E-state index in [9.17, 15) is 14.8 Å². The van der Waals surface area contributed by atoms with Gasteiger partial charge in [0.05, 0.1) is 29.3 Å². The predicted octanol–water partition coefficient (Wildman–Crippen LogP) is 5.09. The number of carbonyl (C=O) groups is 2. The Hall–Kier alpha value is -3.87. The third kappa shape index (κ3) is 6.18. The molecule has 7 heteroatoms. The molecular weight excluding hydrogens is 444 g/mol. The van der Waals surface area contributed by atoms with Gasteiger partial charge in [-0.15, -0.1) is 0 Å². The lowest BCUT2D eigenvalue weighted by atomic mass is 9.80. The molecule has 0 amide bonds. The van der Waals surface area contributed by atoms with Crippen LogP contribution in [0.25, 0.3) is 0 Å². The zero-order chi connectivity index (χ0) is 25.7. The molecule has 0 radical (unpaired) electrons. The van der Waals surface area contributed by atoms with E-state index >= 15 is 0 Å². The van der Waals surface area contributed by atoms with Gasteiger partial charge in [-0.25, -0.2) is 9.59 Å². The molecule has 2 aromatic rings. The molecule has 7 nitrogen and oxygen atoms in total. The summed E-state index contributed by atoms with van der Waals surface area (Å²) in [5.41, 5.74) is 3.51. The van der Waals surface area contributed by atoms with Crippen molar-refractivity contribution >= 4 is 23.8 Å². The van der Waals surface area contributed by atoms with Gasteiger partial charge in [0, 0.05) is 29.1 Å². The van der Waals surface area contributed by atoms with Crippen LogP contribution >= 0.6 is 0 Å². The molecule has 1 aliphatic rings. The van der Waals surface area contributed by atoms with Gasteiger partial charge in [-0.2, -0.15) is 4.74 Å². The lowest BCUT2D eigenvalue weighted by molar-refractivity contribution is -0.354. The summed E-state index contributed by atoms with van der Waals surface area (Å²) in [6, 6.07) is 16.1. The molecular formula is C28H32N2O5. The van der Waals surface area contributed by atoms with E-state index in [1.807, 2.05) is 30.3 Å². The molecule has 2 aromatic carbocycles. The second-order valence-electron chi connectivity index (χ2n) is 9.00. The fourth-order valence-corrected chi connectivity index (χ4v) is 4.01. The standard InChI is InChI=1S/C28H32N2O5/c1-17(2)34-27(31)24-19(5)29-20(6)25(28(32)35-18(3)4)26(24)22-13-10-14-23(15-22)30(33)16-21-11-8-7-9-12-21/h7-18,26,29H,1-6H3/b30-16-. The Balaban J connectivity index is 2.14. The van der Waals surface area contributed by atoms with Crippen LogP contribution in [-0.4, -0.2) is 35.1 Å². The number of hydrogen-bond donors (Lipinski definition) is 1. The van der Waals surface area contributed by atoms with Crippen LogP contribution in [0.2, 0.25) is 0 Å². The van der Waals surface area contributed by atoms with E-state index in [1.54, 1.807) is 65.8 Å². The second kappa shape index (κ2) is 11.0. The molecule has 0 aliphatic carbocycles. The summed E-state index contributed by atoms with van der Waals surface area (Å²) in [5, 5.41) is 16.1. The van der Waals surface area contributed by atoms with E-state index in [0.717, 1.165) is 10.3 Å². The van der Waals surface area contributed by atoms with Crippen molar-refractivity contribution in [1.29, 1.82) is 0 Å².